The SMILES string of the molecule is CCOC1=CC(=[N+]=[N-])C(Cl)CC1=NC. The van der Waals surface area contributed by atoms with E-state index in [9.17, 15) is 0 Å². The highest BCUT2D eigenvalue weighted by atomic mass is 35.5. The molecule has 1 aliphatic rings. The van der Waals surface area contributed by atoms with E-state index < -0.39 is 0 Å². The van der Waals surface area contributed by atoms with Crippen molar-refractivity contribution in [2.24, 2.45) is 4.99 Å². The molecule has 1 rings (SSSR count). The predicted octanol–water partition coefficient (Wildman–Crippen LogP) is 1.66. The first-order chi connectivity index (χ1) is 6.72. The van der Waals surface area contributed by atoms with Crippen molar-refractivity contribution in [1.82, 2.24) is 0 Å². The molecule has 0 N–H and O–H groups in total. The molecule has 0 saturated heterocycles. The van der Waals surface area contributed by atoms with E-state index in [0.717, 1.165) is 5.71 Å². The molecule has 4 nitrogen and oxygen atoms in total. The monoisotopic (exact) mass is 213 g/mol. The predicted molar refractivity (Wildman–Crippen MR) is 56.0 cm³/mol. The lowest BCUT2D eigenvalue weighted by molar-refractivity contribution is -0.00630. The van der Waals surface area contributed by atoms with Gasteiger partial charge in [0, 0.05) is 13.5 Å². The lowest BCUT2D eigenvalue weighted by atomic mass is 10.0. The van der Waals surface area contributed by atoms with Crippen LogP contribution >= 0.6 is 11.6 Å². The van der Waals surface area contributed by atoms with Crippen molar-refractivity contribution in [3.63, 3.8) is 0 Å². The molecule has 0 aromatic carbocycles. The number of hydrogen-bond donors (Lipinski definition) is 0. The summed E-state index contributed by atoms with van der Waals surface area (Å²) in [6, 6.07) is 0. The second-order valence-electron chi connectivity index (χ2n) is 2.81. The Labute approximate surface area is 87.9 Å². The maximum absolute atomic E-state index is 8.67. The van der Waals surface area contributed by atoms with Crippen molar-refractivity contribution in [3.8, 4) is 0 Å². The van der Waals surface area contributed by atoms with Gasteiger partial charge in [-0.1, -0.05) is 0 Å². The zero-order valence-electron chi connectivity index (χ0n) is 8.20. The second kappa shape index (κ2) is 4.94. The number of aliphatic imine (C=N–C) groups is 1. The van der Waals surface area contributed by atoms with E-state index in [-0.39, 0.29) is 5.38 Å². The van der Waals surface area contributed by atoms with Crippen molar-refractivity contribution in [2.45, 2.75) is 18.7 Å². The second-order valence-corrected chi connectivity index (χ2v) is 3.34. The Morgan fingerprint density at radius 3 is 3.00 bits per heavy atom. The summed E-state index contributed by atoms with van der Waals surface area (Å²) in [4.78, 5) is 7.17. The first-order valence-corrected chi connectivity index (χ1v) is 4.83. The topological polar surface area (TPSA) is 58.0 Å². The number of rotatable bonds is 2. The highest BCUT2D eigenvalue weighted by Gasteiger charge is 2.29. The van der Waals surface area contributed by atoms with Crippen molar-refractivity contribution >= 4 is 23.0 Å². The third-order valence-corrected chi connectivity index (χ3v) is 2.32. The number of alkyl halides is 1. The van der Waals surface area contributed by atoms with Crippen LogP contribution in [0.4, 0.5) is 0 Å². The Balaban J connectivity index is 3.03. The molecule has 0 aromatic heterocycles. The van der Waals surface area contributed by atoms with Crippen LogP contribution < -0.4 is 0 Å². The molecule has 0 spiro atoms. The van der Waals surface area contributed by atoms with Gasteiger partial charge in [0.2, 0.25) is 0 Å². The average molecular weight is 214 g/mol. The molecule has 76 valence electrons. The molecule has 14 heavy (non-hydrogen) atoms. The lowest BCUT2D eigenvalue weighted by Crippen LogP contribution is -2.26. The summed E-state index contributed by atoms with van der Waals surface area (Å²) in [7, 11) is 1.69. The molecule has 1 unspecified atom stereocenters. The quantitative estimate of drug-likeness (QED) is 0.391. The van der Waals surface area contributed by atoms with Crippen LogP contribution in [0.5, 0.6) is 0 Å². The molecule has 0 radical (unpaired) electrons. The number of hydrogen-bond acceptors (Lipinski definition) is 2. The van der Waals surface area contributed by atoms with Gasteiger partial charge in [-0.25, -0.2) is 0 Å². The molecule has 0 fully saturated rings. The zero-order valence-corrected chi connectivity index (χ0v) is 8.95. The average Bonchev–Trinajstić information content (AvgIpc) is 2.20. The van der Waals surface area contributed by atoms with Gasteiger partial charge in [0.05, 0.1) is 18.4 Å². The van der Waals surface area contributed by atoms with Crippen LogP contribution in [0.3, 0.4) is 0 Å². The maximum atomic E-state index is 8.67. The number of ether oxygens (including phenoxy) is 1. The van der Waals surface area contributed by atoms with Crippen LogP contribution in [-0.2, 0) is 4.74 Å². The summed E-state index contributed by atoms with van der Waals surface area (Å²) >= 11 is 5.95. The van der Waals surface area contributed by atoms with Gasteiger partial charge in [-0.15, -0.1) is 11.6 Å². The molecule has 0 aliphatic heterocycles. The Kier molecular flexibility index (Phi) is 3.86. The van der Waals surface area contributed by atoms with Gasteiger partial charge in [-0.2, -0.15) is 4.79 Å². The summed E-state index contributed by atoms with van der Waals surface area (Å²) in [5, 5.41) is -0.331. The molecule has 1 atom stereocenters. The van der Waals surface area contributed by atoms with Crippen molar-refractivity contribution in [1.29, 1.82) is 0 Å². The van der Waals surface area contributed by atoms with Gasteiger partial charge < -0.3 is 10.3 Å². The molecule has 0 bridgehead atoms. The van der Waals surface area contributed by atoms with Crippen molar-refractivity contribution < 1.29 is 9.53 Å². The van der Waals surface area contributed by atoms with E-state index in [0.29, 0.717) is 24.5 Å². The van der Waals surface area contributed by atoms with Crippen LogP contribution in [0.2, 0.25) is 0 Å². The molecular formula is C9H12ClN3O. The van der Waals surface area contributed by atoms with Crippen molar-refractivity contribution in [2.75, 3.05) is 13.7 Å². The molecule has 5 heteroatoms. The highest BCUT2D eigenvalue weighted by molar-refractivity contribution is 6.36. The fraction of sp³-hybridized carbons (Fsp3) is 0.556. The molecule has 0 aromatic rings. The zero-order chi connectivity index (χ0) is 10.6. The van der Waals surface area contributed by atoms with E-state index in [1.807, 2.05) is 6.92 Å². The van der Waals surface area contributed by atoms with Gasteiger partial charge in [0.25, 0.3) is 0 Å². The minimum Gasteiger partial charge on any atom is -0.492 e. The first-order valence-electron chi connectivity index (χ1n) is 4.39. The highest BCUT2D eigenvalue weighted by Crippen LogP contribution is 2.18. The molecular weight excluding hydrogens is 202 g/mol. The summed E-state index contributed by atoms with van der Waals surface area (Å²) in [6.07, 6.45) is 2.15. The first kappa shape index (κ1) is 11.0. The van der Waals surface area contributed by atoms with E-state index in [1.54, 1.807) is 13.1 Å². The Morgan fingerprint density at radius 2 is 2.50 bits per heavy atom. The van der Waals surface area contributed by atoms with Gasteiger partial charge in [-0.05, 0) is 6.92 Å². The summed E-state index contributed by atoms with van der Waals surface area (Å²) < 4.78 is 5.35. The standard InChI is InChI=1S/C9H12ClN3O/c1-3-14-9-5-7(13-11)6(10)4-8(9)12-2/h5-6H,3-4H2,1-2H3. The van der Waals surface area contributed by atoms with Crippen LogP contribution in [0.1, 0.15) is 13.3 Å². The third kappa shape index (κ3) is 2.22. The number of halogens is 1. The van der Waals surface area contributed by atoms with Gasteiger partial charge in [0.1, 0.15) is 11.1 Å². The molecule has 0 heterocycles. The fourth-order valence-corrected chi connectivity index (χ4v) is 1.51. The van der Waals surface area contributed by atoms with Crippen LogP contribution in [0.25, 0.3) is 5.53 Å². The lowest BCUT2D eigenvalue weighted by Gasteiger charge is -2.16. The summed E-state index contributed by atoms with van der Waals surface area (Å²) in [6.45, 7) is 2.44. The molecule has 0 amide bonds. The number of nitrogens with zero attached hydrogens (tertiary/aromatic N) is 3. The minimum absolute atomic E-state index is 0.331. The van der Waals surface area contributed by atoms with Crippen molar-refractivity contribution in [3.05, 3.63) is 17.4 Å². The van der Waals surface area contributed by atoms with Gasteiger partial charge in [-0.3, -0.25) is 4.99 Å². The summed E-state index contributed by atoms with van der Waals surface area (Å²) in [5.74, 6) is 0.639. The Bertz CT molecular complexity index is 329. The Morgan fingerprint density at radius 1 is 1.79 bits per heavy atom. The van der Waals surface area contributed by atoms with Gasteiger partial charge >= 0.3 is 5.71 Å². The maximum Gasteiger partial charge on any atom is 0.313 e. The van der Waals surface area contributed by atoms with E-state index >= 15 is 0 Å². The van der Waals surface area contributed by atoms with Crippen LogP contribution in [-0.4, -0.2) is 35.2 Å². The minimum atomic E-state index is -0.331. The Hall–Kier alpha value is -1.12. The summed E-state index contributed by atoms with van der Waals surface area (Å²) in [5.41, 5.74) is 9.89. The van der Waals surface area contributed by atoms with Crippen LogP contribution in [0, 0.1) is 0 Å². The third-order valence-electron chi connectivity index (χ3n) is 1.94. The fourth-order valence-electron chi connectivity index (χ4n) is 1.26. The number of allylic oxidation sites excluding steroid dienone is 2. The smallest absolute Gasteiger partial charge is 0.313 e. The van der Waals surface area contributed by atoms with Gasteiger partial charge in [0.15, 0.2) is 0 Å². The van der Waals surface area contributed by atoms with E-state index in [1.165, 1.54) is 0 Å². The molecule has 0 saturated carbocycles. The van der Waals surface area contributed by atoms with E-state index in [2.05, 4.69) is 9.78 Å². The molecule has 1 aliphatic carbocycles. The largest absolute Gasteiger partial charge is 0.492 e. The normalized spacial score (nSPS) is 24.5. The van der Waals surface area contributed by atoms with Crippen LogP contribution in [0.15, 0.2) is 16.8 Å². The van der Waals surface area contributed by atoms with E-state index in [4.69, 9.17) is 21.9 Å².